The fraction of sp³-hybridized carbons (Fsp3) is 0. The van der Waals surface area contributed by atoms with Crippen molar-refractivity contribution in [1.29, 1.82) is 5.26 Å². The number of nitrogen functional groups attached to an aromatic ring is 1. The topological polar surface area (TPSA) is 99.1 Å². The van der Waals surface area contributed by atoms with Crippen molar-refractivity contribution in [2.75, 3.05) is 11.1 Å². The van der Waals surface area contributed by atoms with Crippen molar-refractivity contribution in [2.24, 2.45) is 0 Å². The third-order valence-electron chi connectivity index (χ3n) is 1.68. The van der Waals surface area contributed by atoms with E-state index >= 15 is 0 Å². The highest BCUT2D eigenvalue weighted by molar-refractivity contribution is 5.91. The summed E-state index contributed by atoms with van der Waals surface area (Å²) in [7, 11) is 0. The Morgan fingerprint density at radius 3 is 2.73 bits per heavy atom. The molecule has 1 rings (SSSR count). The maximum Gasteiger partial charge on any atom is 0.347 e. The molecule has 5 nitrogen and oxygen atoms in total. The van der Waals surface area contributed by atoms with Crippen LogP contribution in [0.5, 0.6) is 0 Å². The molecule has 0 saturated carbocycles. The number of para-hydroxylation sites is 2. The summed E-state index contributed by atoms with van der Waals surface area (Å²) in [5.74, 6) is -1.28. The van der Waals surface area contributed by atoms with Crippen molar-refractivity contribution in [3.8, 4) is 6.07 Å². The van der Waals surface area contributed by atoms with Crippen molar-refractivity contribution in [3.63, 3.8) is 0 Å². The molecule has 76 valence electrons. The minimum atomic E-state index is -1.28. The molecule has 15 heavy (non-hydrogen) atoms. The minimum absolute atomic E-state index is 0.377. The fourth-order valence-corrected chi connectivity index (χ4v) is 0.920. The monoisotopic (exact) mass is 203 g/mol. The molecule has 5 heteroatoms. The zero-order valence-electron chi connectivity index (χ0n) is 7.77. The van der Waals surface area contributed by atoms with Crippen LogP contribution in [0.25, 0.3) is 0 Å². The zero-order chi connectivity index (χ0) is 11.3. The van der Waals surface area contributed by atoms with Crippen LogP contribution in [0.1, 0.15) is 0 Å². The van der Waals surface area contributed by atoms with Crippen LogP contribution in [0.4, 0.5) is 11.4 Å². The standard InChI is InChI=1S/C10H9N3O2/c11-5-7(10(14)15)6-13-9-4-2-1-3-8(9)12/h1-4,6,13H,12H2,(H,14,15)/b7-6-. The molecule has 0 bridgehead atoms. The van der Waals surface area contributed by atoms with E-state index in [1.807, 2.05) is 0 Å². The van der Waals surface area contributed by atoms with Crippen LogP contribution in [0.3, 0.4) is 0 Å². The van der Waals surface area contributed by atoms with Crippen LogP contribution in [-0.2, 0) is 4.79 Å². The van der Waals surface area contributed by atoms with E-state index in [1.165, 1.54) is 0 Å². The first-order chi connectivity index (χ1) is 7.15. The molecule has 0 atom stereocenters. The van der Waals surface area contributed by atoms with Crippen LogP contribution < -0.4 is 11.1 Å². The van der Waals surface area contributed by atoms with Gasteiger partial charge in [-0.25, -0.2) is 4.79 Å². The van der Waals surface area contributed by atoms with E-state index in [2.05, 4.69) is 5.32 Å². The van der Waals surface area contributed by atoms with Crippen molar-refractivity contribution in [2.45, 2.75) is 0 Å². The van der Waals surface area contributed by atoms with Crippen molar-refractivity contribution >= 4 is 17.3 Å². The van der Waals surface area contributed by atoms with Gasteiger partial charge in [0.2, 0.25) is 0 Å². The number of carbonyl (C=O) groups is 1. The smallest absolute Gasteiger partial charge is 0.347 e. The molecule has 0 aromatic heterocycles. The van der Waals surface area contributed by atoms with Gasteiger partial charge in [-0.05, 0) is 12.1 Å². The van der Waals surface area contributed by atoms with Gasteiger partial charge in [0.15, 0.2) is 5.57 Å². The first-order valence-electron chi connectivity index (χ1n) is 4.09. The lowest BCUT2D eigenvalue weighted by atomic mass is 10.2. The summed E-state index contributed by atoms with van der Waals surface area (Å²) >= 11 is 0. The van der Waals surface area contributed by atoms with Gasteiger partial charge in [-0.3, -0.25) is 0 Å². The highest BCUT2D eigenvalue weighted by Gasteiger charge is 2.04. The number of hydrogen-bond donors (Lipinski definition) is 3. The number of benzene rings is 1. The van der Waals surface area contributed by atoms with Crippen molar-refractivity contribution in [3.05, 3.63) is 36.0 Å². The molecule has 0 heterocycles. The van der Waals surface area contributed by atoms with Gasteiger partial charge in [-0.2, -0.15) is 5.26 Å². The van der Waals surface area contributed by atoms with E-state index < -0.39 is 5.97 Å². The van der Waals surface area contributed by atoms with Crippen LogP contribution in [0.15, 0.2) is 36.0 Å². The number of aliphatic carboxylic acids is 1. The molecule has 0 saturated heterocycles. The number of nitrogens with zero attached hydrogens (tertiary/aromatic N) is 1. The van der Waals surface area contributed by atoms with E-state index in [0.717, 1.165) is 6.20 Å². The molecule has 0 radical (unpaired) electrons. The number of nitrogens with two attached hydrogens (primary N) is 1. The van der Waals surface area contributed by atoms with Crippen LogP contribution in [0.2, 0.25) is 0 Å². The van der Waals surface area contributed by atoms with Crippen LogP contribution in [0, 0.1) is 11.3 Å². The molecule has 0 unspecified atom stereocenters. The summed E-state index contributed by atoms with van der Waals surface area (Å²) in [5, 5.41) is 19.7. The Morgan fingerprint density at radius 2 is 2.20 bits per heavy atom. The highest BCUT2D eigenvalue weighted by atomic mass is 16.4. The SMILES string of the molecule is N#C/C(=C/Nc1ccccc1N)C(=O)O. The molecule has 4 N–H and O–H groups in total. The number of carboxylic acid groups (broad SMARTS) is 1. The number of carboxylic acids is 1. The average Bonchev–Trinajstić information content (AvgIpc) is 2.21. The van der Waals surface area contributed by atoms with Gasteiger partial charge in [0.25, 0.3) is 0 Å². The maximum atomic E-state index is 10.5. The zero-order valence-corrected chi connectivity index (χ0v) is 7.77. The van der Waals surface area contributed by atoms with E-state index in [9.17, 15) is 4.79 Å². The Bertz CT molecular complexity index is 446. The van der Waals surface area contributed by atoms with E-state index in [-0.39, 0.29) is 5.57 Å². The summed E-state index contributed by atoms with van der Waals surface area (Å²) in [6.07, 6.45) is 1.11. The molecule has 0 aliphatic heterocycles. The second-order valence-corrected chi connectivity index (χ2v) is 2.71. The number of nitrogens with one attached hydrogen (secondary N) is 1. The van der Waals surface area contributed by atoms with Crippen LogP contribution >= 0.6 is 0 Å². The van der Waals surface area contributed by atoms with E-state index in [0.29, 0.717) is 11.4 Å². The maximum absolute atomic E-state index is 10.5. The lowest BCUT2D eigenvalue weighted by Crippen LogP contribution is -2.02. The number of hydrogen-bond acceptors (Lipinski definition) is 4. The number of rotatable bonds is 3. The molecule has 0 aliphatic rings. The van der Waals surface area contributed by atoms with Gasteiger partial charge >= 0.3 is 5.97 Å². The first-order valence-corrected chi connectivity index (χ1v) is 4.09. The van der Waals surface area contributed by atoms with Gasteiger partial charge in [0.05, 0.1) is 11.4 Å². The minimum Gasteiger partial charge on any atom is -0.477 e. The first kappa shape index (κ1) is 10.6. The fourth-order valence-electron chi connectivity index (χ4n) is 0.920. The van der Waals surface area contributed by atoms with E-state index in [4.69, 9.17) is 16.1 Å². The molecular weight excluding hydrogens is 194 g/mol. The summed E-state index contributed by atoms with van der Waals surface area (Å²) in [6.45, 7) is 0. The highest BCUT2D eigenvalue weighted by Crippen LogP contribution is 2.16. The van der Waals surface area contributed by atoms with Crippen molar-refractivity contribution in [1.82, 2.24) is 0 Å². The normalized spacial score (nSPS) is 10.5. The number of anilines is 2. The summed E-state index contributed by atoms with van der Waals surface area (Å²) < 4.78 is 0. The molecule has 0 amide bonds. The summed E-state index contributed by atoms with van der Waals surface area (Å²) in [4.78, 5) is 10.5. The molecule has 0 aliphatic carbocycles. The van der Waals surface area contributed by atoms with Gasteiger partial charge < -0.3 is 16.2 Å². The number of nitriles is 1. The van der Waals surface area contributed by atoms with Gasteiger partial charge in [0, 0.05) is 6.20 Å². The predicted octanol–water partition coefficient (Wildman–Crippen LogP) is 1.17. The molecule has 1 aromatic carbocycles. The Kier molecular flexibility index (Phi) is 3.30. The largest absolute Gasteiger partial charge is 0.477 e. The molecule has 0 fully saturated rings. The molecule has 1 aromatic rings. The third kappa shape index (κ3) is 2.74. The quantitative estimate of drug-likeness (QED) is 0.389. The Morgan fingerprint density at radius 1 is 1.53 bits per heavy atom. The Balaban J connectivity index is 2.85. The van der Waals surface area contributed by atoms with Gasteiger partial charge in [0.1, 0.15) is 6.07 Å². The predicted molar refractivity (Wildman–Crippen MR) is 55.8 cm³/mol. The lowest BCUT2D eigenvalue weighted by Gasteiger charge is -2.03. The summed E-state index contributed by atoms with van der Waals surface area (Å²) in [6, 6.07) is 8.41. The second-order valence-electron chi connectivity index (χ2n) is 2.71. The van der Waals surface area contributed by atoms with Gasteiger partial charge in [-0.1, -0.05) is 12.1 Å². The lowest BCUT2D eigenvalue weighted by molar-refractivity contribution is -0.132. The Hall–Kier alpha value is -2.48. The van der Waals surface area contributed by atoms with Crippen molar-refractivity contribution < 1.29 is 9.90 Å². The van der Waals surface area contributed by atoms with Gasteiger partial charge in [-0.15, -0.1) is 0 Å². The molecule has 0 spiro atoms. The second kappa shape index (κ2) is 4.67. The third-order valence-corrected chi connectivity index (χ3v) is 1.68. The van der Waals surface area contributed by atoms with E-state index in [1.54, 1.807) is 30.3 Å². The Labute approximate surface area is 86.4 Å². The molecular formula is C10H9N3O2. The average molecular weight is 203 g/mol. The summed E-state index contributed by atoms with van der Waals surface area (Å²) in [5.41, 5.74) is 6.27. The van der Waals surface area contributed by atoms with Crippen LogP contribution in [-0.4, -0.2) is 11.1 Å².